The van der Waals surface area contributed by atoms with Crippen LogP contribution in [-0.4, -0.2) is 20.9 Å². The Balaban J connectivity index is 1.63. The molecule has 1 aliphatic carbocycles. The predicted molar refractivity (Wildman–Crippen MR) is 105 cm³/mol. The molecule has 0 spiro atoms. The van der Waals surface area contributed by atoms with Crippen LogP contribution in [0, 0.1) is 0 Å². The first-order valence-corrected chi connectivity index (χ1v) is 9.10. The smallest absolute Gasteiger partial charge is 0.221 e. The predicted octanol–water partition coefficient (Wildman–Crippen LogP) is 3.84. The van der Waals surface area contributed by atoms with E-state index >= 15 is 0 Å². The zero-order chi connectivity index (χ0) is 18.8. The molecule has 0 bridgehead atoms. The van der Waals surface area contributed by atoms with Gasteiger partial charge < -0.3 is 11.1 Å². The largest absolute Gasteiger partial charge is 0.369 e. The molecule has 27 heavy (non-hydrogen) atoms. The fourth-order valence-electron chi connectivity index (χ4n) is 2.81. The van der Waals surface area contributed by atoms with E-state index in [0.717, 1.165) is 29.7 Å². The molecule has 0 radical (unpaired) electrons. The lowest BCUT2D eigenvalue weighted by molar-refractivity contribution is -0.117. The summed E-state index contributed by atoms with van der Waals surface area (Å²) in [5, 5.41) is 3.87. The summed E-state index contributed by atoms with van der Waals surface area (Å²) in [7, 11) is 0. The lowest BCUT2D eigenvalue weighted by Crippen LogP contribution is -2.13. The molecule has 1 aromatic carbocycles. The highest BCUT2D eigenvalue weighted by molar-refractivity contribution is 6.30. The van der Waals surface area contributed by atoms with Crippen LogP contribution in [0.25, 0.3) is 11.4 Å². The van der Waals surface area contributed by atoms with Crippen molar-refractivity contribution in [2.24, 2.45) is 5.73 Å². The Kier molecular flexibility index (Phi) is 4.73. The third-order valence-corrected chi connectivity index (χ3v) is 4.52. The van der Waals surface area contributed by atoms with Crippen LogP contribution in [-0.2, 0) is 11.2 Å². The van der Waals surface area contributed by atoms with E-state index in [-0.39, 0.29) is 12.3 Å². The molecule has 0 saturated heterocycles. The summed E-state index contributed by atoms with van der Waals surface area (Å²) in [6.45, 7) is 0. The Morgan fingerprint density at radius 3 is 2.67 bits per heavy atom. The van der Waals surface area contributed by atoms with Gasteiger partial charge in [0.25, 0.3) is 0 Å². The number of nitrogens with zero attached hydrogens (tertiary/aromatic N) is 3. The van der Waals surface area contributed by atoms with Gasteiger partial charge in [-0.15, -0.1) is 0 Å². The maximum absolute atomic E-state index is 11.0. The first-order valence-electron chi connectivity index (χ1n) is 8.72. The Bertz CT molecular complexity index is 986. The number of primary amides is 1. The summed E-state index contributed by atoms with van der Waals surface area (Å²) in [5.74, 6) is 2.05. The highest BCUT2D eigenvalue weighted by Crippen LogP contribution is 2.40. The number of benzene rings is 1. The van der Waals surface area contributed by atoms with Crippen LogP contribution >= 0.6 is 11.6 Å². The monoisotopic (exact) mass is 379 g/mol. The Labute approximate surface area is 161 Å². The second kappa shape index (κ2) is 7.32. The molecular weight excluding hydrogens is 362 g/mol. The van der Waals surface area contributed by atoms with E-state index in [1.807, 2.05) is 36.4 Å². The van der Waals surface area contributed by atoms with Crippen LogP contribution in [0.5, 0.6) is 0 Å². The van der Waals surface area contributed by atoms with Crippen molar-refractivity contribution >= 4 is 29.1 Å². The van der Waals surface area contributed by atoms with Crippen molar-refractivity contribution in [1.82, 2.24) is 15.0 Å². The summed E-state index contributed by atoms with van der Waals surface area (Å²) in [6.07, 6.45) is 4.09. The average molecular weight is 380 g/mol. The molecular formula is C20H18ClN5O. The number of aromatic nitrogens is 3. The fourth-order valence-corrected chi connectivity index (χ4v) is 3.00. The van der Waals surface area contributed by atoms with Gasteiger partial charge in [0.05, 0.1) is 6.42 Å². The van der Waals surface area contributed by atoms with Crippen molar-refractivity contribution in [2.45, 2.75) is 25.2 Å². The van der Waals surface area contributed by atoms with Crippen LogP contribution in [0.1, 0.15) is 30.0 Å². The zero-order valence-electron chi connectivity index (χ0n) is 14.5. The topological polar surface area (TPSA) is 93.8 Å². The van der Waals surface area contributed by atoms with Crippen LogP contribution in [0.3, 0.4) is 0 Å². The normalized spacial score (nSPS) is 13.4. The number of nitrogens with two attached hydrogens (primary N) is 1. The van der Waals surface area contributed by atoms with Crippen LogP contribution in [0.15, 0.2) is 48.7 Å². The summed E-state index contributed by atoms with van der Waals surface area (Å²) >= 11 is 6.12. The molecule has 7 heteroatoms. The van der Waals surface area contributed by atoms with Gasteiger partial charge in [-0.05, 0) is 36.6 Å². The fraction of sp³-hybridized carbons (Fsp3) is 0.200. The van der Waals surface area contributed by atoms with E-state index in [1.54, 1.807) is 12.3 Å². The molecule has 1 saturated carbocycles. The molecule has 3 N–H and O–H groups in total. The van der Waals surface area contributed by atoms with Crippen molar-refractivity contribution in [3.05, 3.63) is 64.9 Å². The number of carbonyl (C=O) groups is 1. The van der Waals surface area contributed by atoms with Gasteiger partial charge in [0.2, 0.25) is 5.91 Å². The molecule has 2 aromatic heterocycles. The van der Waals surface area contributed by atoms with Crippen LogP contribution in [0.2, 0.25) is 5.02 Å². The second-order valence-electron chi connectivity index (χ2n) is 6.61. The second-order valence-corrected chi connectivity index (χ2v) is 7.04. The minimum atomic E-state index is -0.381. The van der Waals surface area contributed by atoms with Gasteiger partial charge in [-0.25, -0.2) is 15.0 Å². The molecule has 2 heterocycles. The van der Waals surface area contributed by atoms with E-state index in [4.69, 9.17) is 22.3 Å². The molecule has 0 aliphatic heterocycles. The molecule has 1 fully saturated rings. The molecule has 3 aromatic rings. The molecule has 1 aliphatic rings. The Hall–Kier alpha value is -2.99. The van der Waals surface area contributed by atoms with Crippen molar-refractivity contribution in [2.75, 3.05) is 5.32 Å². The van der Waals surface area contributed by atoms with E-state index in [2.05, 4.69) is 15.3 Å². The summed E-state index contributed by atoms with van der Waals surface area (Å²) in [6, 6.07) is 13.1. The van der Waals surface area contributed by atoms with E-state index in [0.29, 0.717) is 28.4 Å². The maximum atomic E-state index is 11.0. The van der Waals surface area contributed by atoms with E-state index < -0.39 is 0 Å². The number of pyridine rings is 1. The minimum Gasteiger partial charge on any atom is -0.369 e. The van der Waals surface area contributed by atoms with Gasteiger partial charge in [-0.3, -0.25) is 4.79 Å². The highest BCUT2D eigenvalue weighted by Gasteiger charge is 2.26. The number of carbonyl (C=O) groups excluding carboxylic acids is 1. The third kappa shape index (κ3) is 4.41. The summed E-state index contributed by atoms with van der Waals surface area (Å²) in [5.41, 5.74) is 7.88. The van der Waals surface area contributed by atoms with E-state index in [1.165, 1.54) is 0 Å². The highest BCUT2D eigenvalue weighted by atomic mass is 35.5. The maximum Gasteiger partial charge on any atom is 0.221 e. The standard InChI is InChI=1S/C20H18ClN5O/c21-15-3-1-2-14(9-15)20-24-16(13-5-6-13)10-19(26-20)25-18-7-4-12(11-23-18)8-17(22)27/h1-4,7,9-11,13H,5-6,8H2,(H2,22,27)(H,23,24,25,26). The first-order chi connectivity index (χ1) is 13.1. The summed E-state index contributed by atoms with van der Waals surface area (Å²) < 4.78 is 0. The molecule has 1 amide bonds. The molecule has 4 rings (SSSR count). The third-order valence-electron chi connectivity index (χ3n) is 4.28. The number of hydrogen-bond acceptors (Lipinski definition) is 5. The van der Waals surface area contributed by atoms with Crippen LogP contribution < -0.4 is 11.1 Å². The molecule has 0 unspecified atom stereocenters. The van der Waals surface area contributed by atoms with Gasteiger partial charge in [0.1, 0.15) is 11.6 Å². The van der Waals surface area contributed by atoms with Crippen molar-refractivity contribution < 1.29 is 4.79 Å². The van der Waals surface area contributed by atoms with Gasteiger partial charge in [-0.1, -0.05) is 29.8 Å². The summed E-state index contributed by atoms with van der Waals surface area (Å²) in [4.78, 5) is 24.7. The molecule has 6 nitrogen and oxygen atoms in total. The zero-order valence-corrected chi connectivity index (χ0v) is 15.3. The van der Waals surface area contributed by atoms with Crippen LogP contribution in [0.4, 0.5) is 11.6 Å². The lowest BCUT2D eigenvalue weighted by Gasteiger charge is -2.10. The number of halogens is 1. The Morgan fingerprint density at radius 2 is 2.00 bits per heavy atom. The minimum absolute atomic E-state index is 0.172. The van der Waals surface area contributed by atoms with Gasteiger partial charge in [0.15, 0.2) is 5.82 Å². The van der Waals surface area contributed by atoms with Gasteiger partial charge in [-0.2, -0.15) is 0 Å². The SMILES string of the molecule is NC(=O)Cc1ccc(Nc2cc(C3CC3)nc(-c3cccc(Cl)c3)n2)nc1. The van der Waals surface area contributed by atoms with Crippen molar-refractivity contribution in [3.63, 3.8) is 0 Å². The quantitative estimate of drug-likeness (QED) is 0.678. The first kappa shape index (κ1) is 17.4. The average Bonchev–Trinajstić information content (AvgIpc) is 3.48. The Morgan fingerprint density at radius 1 is 1.15 bits per heavy atom. The number of hydrogen-bond donors (Lipinski definition) is 2. The molecule has 0 atom stereocenters. The van der Waals surface area contributed by atoms with Gasteiger partial charge >= 0.3 is 0 Å². The molecule has 136 valence electrons. The van der Waals surface area contributed by atoms with Crippen molar-refractivity contribution in [1.29, 1.82) is 0 Å². The van der Waals surface area contributed by atoms with E-state index in [9.17, 15) is 4.79 Å². The number of rotatable bonds is 6. The number of anilines is 2. The van der Waals surface area contributed by atoms with Gasteiger partial charge in [0, 0.05) is 34.5 Å². The number of nitrogens with one attached hydrogen (secondary N) is 1. The number of amides is 1. The van der Waals surface area contributed by atoms with Crippen molar-refractivity contribution in [3.8, 4) is 11.4 Å². The lowest BCUT2D eigenvalue weighted by atomic mass is 10.2.